The standard InChI is InChI=1S/C16H12ClFN2O/c1-9-4-2-3-5-11(9)14-15(20-21-16(14)19)10-6-7-12(17)13(18)8-10/h2-8H,19H2,1H3. The van der Waals surface area contributed by atoms with Crippen LogP contribution >= 0.6 is 11.6 Å². The van der Waals surface area contributed by atoms with E-state index in [-0.39, 0.29) is 10.9 Å². The van der Waals surface area contributed by atoms with E-state index < -0.39 is 5.82 Å². The highest BCUT2D eigenvalue weighted by atomic mass is 35.5. The number of nitrogens with zero attached hydrogens (tertiary/aromatic N) is 1. The summed E-state index contributed by atoms with van der Waals surface area (Å²) < 4.78 is 18.8. The Morgan fingerprint density at radius 2 is 1.95 bits per heavy atom. The molecule has 1 heterocycles. The number of nitrogen functional groups attached to an aromatic ring is 1. The number of aryl methyl sites for hydroxylation is 1. The summed E-state index contributed by atoms with van der Waals surface area (Å²) in [5.41, 5.74) is 9.56. The third kappa shape index (κ3) is 2.38. The number of halogens is 2. The second-order valence-corrected chi connectivity index (χ2v) is 5.12. The topological polar surface area (TPSA) is 52.0 Å². The molecule has 3 aromatic rings. The van der Waals surface area contributed by atoms with Gasteiger partial charge in [0.15, 0.2) is 0 Å². The minimum atomic E-state index is -0.508. The molecule has 3 nitrogen and oxygen atoms in total. The van der Waals surface area contributed by atoms with E-state index in [0.717, 1.165) is 11.1 Å². The van der Waals surface area contributed by atoms with Crippen LogP contribution in [-0.2, 0) is 0 Å². The van der Waals surface area contributed by atoms with Crippen LogP contribution in [0.15, 0.2) is 47.0 Å². The van der Waals surface area contributed by atoms with Crippen LogP contribution in [0.25, 0.3) is 22.4 Å². The SMILES string of the molecule is Cc1ccccc1-c1c(-c2ccc(Cl)c(F)c2)noc1N. The molecule has 0 radical (unpaired) electrons. The summed E-state index contributed by atoms with van der Waals surface area (Å²) in [6.45, 7) is 1.97. The molecule has 0 aliphatic rings. The first-order chi connectivity index (χ1) is 10.1. The van der Waals surface area contributed by atoms with Gasteiger partial charge in [0.2, 0.25) is 5.88 Å². The van der Waals surface area contributed by atoms with Crippen molar-refractivity contribution in [2.24, 2.45) is 0 Å². The summed E-state index contributed by atoms with van der Waals surface area (Å²) in [6, 6.07) is 12.2. The van der Waals surface area contributed by atoms with Crippen LogP contribution in [0.5, 0.6) is 0 Å². The highest BCUT2D eigenvalue weighted by Crippen LogP contribution is 2.38. The maximum absolute atomic E-state index is 13.7. The van der Waals surface area contributed by atoms with E-state index in [1.807, 2.05) is 31.2 Å². The van der Waals surface area contributed by atoms with Gasteiger partial charge < -0.3 is 10.3 Å². The van der Waals surface area contributed by atoms with Gasteiger partial charge in [0.05, 0.1) is 10.6 Å². The first-order valence-corrected chi connectivity index (χ1v) is 6.72. The number of aromatic nitrogens is 1. The summed E-state index contributed by atoms with van der Waals surface area (Å²) in [5.74, 6) is -0.305. The smallest absolute Gasteiger partial charge is 0.230 e. The lowest BCUT2D eigenvalue weighted by molar-refractivity contribution is 0.439. The Kier molecular flexibility index (Phi) is 3.39. The van der Waals surface area contributed by atoms with Crippen molar-refractivity contribution >= 4 is 17.5 Å². The Labute approximate surface area is 126 Å². The quantitative estimate of drug-likeness (QED) is 0.747. The number of hydrogen-bond acceptors (Lipinski definition) is 3. The van der Waals surface area contributed by atoms with E-state index in [4.69, 9.17) is 21.9 Å². The van der Waals surface area contributed by atoms with Gasteiger partial charge >= 0.3 is 0 Å². The molecule has 0 bridgehead atoms. The van der Waals surface area contributed by atoms with Gasteiger partial charge in [-0.25, -0.2) is 4.39 Å². The second kappa shape index (κ2) is 5.22. The van der Waals surface area contributed by atoms with Crippen LogP contribution in [0.1, 0.15) is 5.56 Å². The van der Waals surface area contributed by atoms with Crippen molar-refractivity contribution in [2.45, 2.75) is 6.92 Å². The molecule has 0 saturated heterocycles. The molecule has 0 amide bonds. The van der Waals surface area contributed by atoms with Gasteiger partial charge in [0, 0.05) is 5.56 Å². The Morgan fingerprint density at radius 3 is 2.67 bits per heavy atom. The van der Waals surface area contributed by atoms with Gasteiger partial charge in [-0.05, 0) is 30.2 Å². The van der Waals surface area contributed by atoms with E-state index in [0.29, 0.717) is 16.8 Å². The monoisotopic (exact) mass is 302 g/mol. The molecule has 2 aromatic carbocycles. The average Bonchev–Trinajstić information content (AvgIpc) is 2.84. The van der Waals surface area contributed by atoms with Crippen molar-refractivity contribution in [2.75, 3.05) is 5.73 Å². The van der Waals surface area contributed by atoms with Crippen LogP contribution in [0.2, 0.25) is 5.02 Å². The minimum Gasteiger partial charge on any atom is -0.367 e. The van der Waals surface area contributed by atoms with E-state index in [1.54, 1.807) is 6.07 Å². The molecule has 1 aromatic heterocycles. The fourth-order valence-electron chi connectivity index (χ4n) is 2.26. The number of nitrogens with two attached hydrogens (primary N) is 1. The fraction of sp³-hybridized carbons (Fsp3) is 0.0625. The largest absolute Gasteiger partial charge is 0.367 e. The maximum atomic E-state index is 13.7. The van der Waals surface area contributed by atoms with Crippen LogP contribution < -0.4 is 5.73 Å². The number of hydrogen-bond donors (Lipinski definition) is 1. The van der Waals surface area contributed by atoms with Gasteiger partial charge in [0.25, 0.3) is 0 Å². The molecule has 3 rings (SSSR count). The molecule has 0 fully saturated rings. The molecule has 0 saturated carbocycles. The Morgan fingerprint density at radius 1 is 1.19 bits per heavy atom. The zero-order chi connectivity index (χ0) is 15.0. The van der Waals surface area contributed by atoms with Crippen molar-refractivity contribution in [3.63, 3.8) is 0 Å². The third-order valence-corrected chi connectivity index (χ3v) is 3.63. The van der Waals surface area contributed by atoms with Gasteiger partial charge in [0.1, 0.15) is 11.5 Å². The van der Waals surface area contributed by atoms with Gasteiger partial charge in [-0.2, -0.15) is 0 Å². The van der Waals surface area contributed by atoms with E-state index in [2.05, 4.69) is 5.16 Å². The van der Waals surface area contributed by atoms with Gasteiger partial charge in [-0.3, -0.25) is 0 Å². The lowest BCUT2D eigenvalue weighted by atomic mass is 9.97. The lowest BCUT2D eigenvalue weighted by Gasteiger charge is -2.06. The first kappa shape index (κ1) is 13.6. The summed E-state index contributed by atoms with van der Waals surface area (Å²) in [4.78, 5) is 0. The Balaban J connectivity index is 2.22. The maximum Gasteiger partial charge on any atom is 0.230 e. The highest BCUT2D eigenvalue weighted by molar-refractivity contribution is 6.30. The third-order valence-electron chi connectivity index (χ3n) is 3.33. The zero-order valence-corrected chi connectivity index (χ0v) is 12.0. The van der Waals surface area contributed by atoms with Crippen LogP contribution in [0, 0.1) is 12.7 Å². The van der Waals surface area contributed by atoms with Crippen LogP contribution in [0.4, 0.5) is 10.3 Å². The van der Waals surface area contributed by atoms with Crippen molar-refractivity contribution < 1.29 is 8.91 Å². The number of anilines is 1. The molecule has 0 atom stereocenters. The molecule has 21 heavy (non-hydrogen) atoms. The molecular formula is C16H12ClFN2O. The molecule has 2 N–H and O–H groups in total. The Bertz CT molecular complexity index is 814. The summed E-state index contributed by atoms with van der Waals surface area (Å²) in [6.07, 6.45) is 0. The average molecular weight is 303 g/mol. The molecule has 0 aliphatic carbocycles. The fourth-order valence-corrected chi connectivity index (χ4v) is 2.37. The normalized spacial score (nSPS) is 10.8. The van der Waals surface area contributed by atoms with Gasteiger partial charge in [-0.1, -0.05) is 47.1 Å². The number of rotatable bonds is 2. The Hall–Kier alpha value is -2.33. The van der Waals surface area contributed by atoms with E-state index >= 15 is 0 Å². The van der Waals surface area contributed by atoms with Crippen LogP contribution in [0.3, 0.4) is 0 Å². The zero-order valence-electron chi connectivity index (χ0n) is 11.2. The predicted octanol–water partition coefficient (Wildman–Crippen LogP) is 4.69. The molecule has 106 valence electrons. The van der Waals surface area contributed by atoms with Gasteiger partial charge in [-0.15, -0.1) is 0 Å². The second-order valence-electron chi connectivity index (χ2n) is 4.71. The molecule has 0 spiro atoms. The summed E-state index contributed by atoms with van der Waals surface area (Å²) in [7, 11) is 0. The minimum absolute atomic E-state index is 0.0626. The molecular weight excluding hydrogens is 291 g/mol. The summed E-state index contributed by atoms with van der Waals surface area (Å²) in [5, 5.41) is 4.03. The molecule has 0 aliphatic heterocycles. The molecule has 0 unspecified atom stereocenters. The van der Waals surface area contributed by atoms with Crippen molar-refractivity contribution in [1.82, 2.24) is 5.16 Å². The lowest BCUT2D eigenvalue weighted by Crippen LogP contribution is -1.90. The molecule has 5 heteroatoms. The predicted molar refractivity (Wildman–Crippen MR) is 81.5 cm³/mol. The summed E-state index contributed by atoms with van der Waals surface area (Å²) >= 11 is 5.71. The van der Waals surface area contributed by atoms with Crippen molar-refractivity contribution in [1.29, 1.82) is 0 Å². The first-order valence-electron chi connectivity index (χ1n) is 6.34. The van der Waals surface area contributed by atoms with Crippen molar-refractivity contribution in [3.8, 4) is 22.4 Å². The van der Waals surface area contributed by atoms with E-state index in [1.165, 1.54) is 12.1 Å². The van der Waals surface area contributed by atoms with Crippen molar-refractivity contribution in [3.05, 3.63) is 58.9 Å². The number of benzene rings is 2. The van der Waals surface area contributed by atoms with Crippen LogP contribution in [-0.4, -0.2) is 5.16 Å². The highest BCUT2D eigenvalue weighted by Gasteiger charge is 2.19. The van der Waals surface area contributed by atoms with E-state index in [9.17, 15) is 4.39 Å².